The Labute approximate surface area is 113 Å². The summed E-state index contributed by atoms with van der Waals surface area (Å²) in [4.78, 5) is 3.38. The Hall–Kier alpha value is -1.37. The highest BCUT2D eigenvalue weighted by atomic mass is 32.2. The second-order valence-electron chi connectivity index (χ2n) is 5.00. The highest BCUT2D eigenvalue weighted by Gasteiger charge is 2.30. The molecule has 0 atom stereocenters. The quantitative estimate of drug-likeness (QED) is 0.901. The molecule has 0 fully saturated rings. The lowest BCUT2D eigenvalue weighted by atomic mass is 10.1. The van der Waals surface area contributed by atoms with Crippen molar-refractivity contribution in [3.8, 4) is 0 Å². The normalized spacial score (nSPS) is 17.0. The maximum absolute atomic E-state index is 12.2. The number of benzene rings is 1. The van der Waals surface area contributed by atoms with Crippen molar-refractivity contribution < 1.29 is 8.42 Å². The molecule has 102 valence electrons. The summed E-state index contributed by atoms with van der Waals surface area (Å²) in [5, 5.41) is 1.12. The summed E-state index contributed by atoms with van der Waals surface area (Å²) in [5.74, 6) is 0. The van der Waals surface area contributed by atoms with Crippen molar-refractivity contribution >= 4 is 21.1 Å². The Bertz CT molecular complexity index is 719. The highest BCUT2D eigenvalue weighted by molar-refractivity contribution is 7.86. The van der Waals surface area contributed by atoms with Crippen LogP contribution in [0.25, 0.3) is 10.9 Å². The van der Waals surface area contributed by atoms with E-state index >= 15 is 0 Å². The number of aromatic amines is 1. The van der Waals surface area contributed by atoms with E-state index < -0.39 is 10.2 Å². The van der Waals surface area contributed by atoms with Gasteiger partial charge in [-0.05, 0) is 11.6 Å². The third-order valence-electron chi connectivity index (χ3n) is 3.64. The van der Waals surface area contributed by atoms with Crippen LogP contribution >= 0.6 is 0 Å². The molecule has 2 aromatic rings. The SMILES string of the molecule is CN(C)S(=O)(=O)N1CCc2[nH]c3ccccc3c2C1. The average Bonchev–Trinajstić information content (AvgIpc) is 2.76. The van der Waals surface area contributed by atoms with Gasteiger partial charge >= 0.3 is 0 Å². The van der Waals surface area contributed by atoms with Gasteiger partial charge in [0.05, 0.1) is 0 Å². The number of rotatable bonds is 2. The van der Waals surface area contributed by atoms with E-state index in [9.17, 15) is 8.42 Å². The summed E-state index contributed by atoms with van der Waals surface area (Å²) in [6, 6.07) is 8.03. The van der Waals surface area contributed by atoms with E-state index in [1.165, 1.54) is 8.61 Å². The van der Waals surface area contributed by atoms with Crippen LogP contribution < -0.4 is 0 Å². The number of H-pyrrole nitrogens is 1. The molecule has 1 aliphatic heterocycles. The van der Waals surface area contributed by atoms with Crippen molar-refractivity contribution in [3.63, 3.8) is 0 Å². The lowest BCUT2D eigenvalue weighted by Crippen LogP contribution is -2.42. The first-order valence-electron chi connectivity index (χ1n) is 6.26. The Morgan fingerprint density at radius 3 is 2.74 bits per heavy atom. The first-order chi connectivity index (χ1) is 9.00. The molecular weight excluding hydrogens is 262 g/mol. The molecule has 0 radical (unpaired) electrons. The van der Waals surface area contributed by atoms with E-state index in [4.69, 9.17) is 0 Å². The molecule has 0 amide bonds. The molecule has 19 heavy (non-hydrogen) atoms. The number of para-hydroxylation sites is 1. The fraction of sp³-hybridized carbons (Fsp3) is 0.385. The van der Waals surface area contributed by atoms with E-state index in [2.05, 4.69) is 4.98 Å². The van der Waals surface area contributed by atoms with Gasteiger partial charge in [-0.1, -0.05) is 18.2 Å². The smallest absolute Gasteiger partial charge is 0.281 e. The minimum absolute atomic E-state index is 0.444. The predicted octanol–water partition coefficient (Wildman–Crippen LogP) is 1.33. The van der Waals surface area contributed by atoms with Crippen LogP contribution in [0.2, 0.25) is 0 Å². The largest absolute Gasteiger partial charge is 0.358 e. The Morgan fingerprint density at radius 2 is 2.00 bits per heavy atom. The second-order valence-corrected chi connectivity index (χ2v) is 7.14. The van der Waals surface area contributed by atoms with E-state index in [0.29, 0.717) is 13.1 Å². The monoisotopic (exact) mass is 279 g/mol. The maximum Gasteiger partial charge on any atom is 0.281 e. The number of hydrogen-bond donors (Lipinski definition) is 1. The summed E-state index contributed by atoms with van der Waals surface area (Å²) in [5.41, 5.74) is 3.34. The number of nitrogens with one attached hydrogen (secondary N) is 1. The average molecular weight is 279 g/mol. The van der Waals surface area contributed by atoms with E-state index in [1.807, 2.05) is 24.3 Å². The van der Waals surface area contributed by atoms with Crippen LogP contribution in [0, 0.1) is 0 Å². The number of fused-ring (bicyclic) bond motifs is 3. The zero-order valence-electron chi connectivity index (χ0n) is 11.0. The summed E-state index contributed by atoms with van der Waals surface area (Å²) < 4.78 is 27.2. The van der Waals surface area contributed by atoms with Crippen molar-refractivity contribution in [1.82, 2.24) is 13.6 Å². The second kappa shape index (κ2) is 4.33. The van der Waals surface area contributed by atoms with Crippen LogP contribution in [0.15, 0.2) is 24.3 Å². The first kappa shape index (κ1) is 12.7. The van der Waals surface area contributed by atoms with Crippen LogP contribution in [-0.2, 0) is 23.2 Å². The molecule has 5 nitrogen and oxygen atoms in total. The zero-order valence-corrected chi connectivity index (χ0v) is 11.9. The van der Waals surface area contributed by atoms with Crippen molar-refractivity contribution in [2.24, 2.45) is 0 Å². The molecule has 3 rings (SSSR count). The van der Waals surface area contributed by atoms with Crippen LogP contribution in [0.5, 0.6) is 0 Å². The van der Waals surface area contributed by atoms with Gasteiger partial charge in [0.15, 0.2) is 0 Å². The fourth-order valence-electron chi connectivity index (χ4n) is 2.57. The lowest BCUT2D eigenvalue weighted by Gasteiger charge is -2.28. The van der Waals surface area contributed by atoms with Crippen LogP contribution in [-0.4, -0.2) is 42.7 Å². The van der Waals surface area contributed by atoms with Gasteiger partial charge in [-0.25, -0.2) is 0 Å². The number of nitrogens with zero attached hydrogens (tertiary/aromatic N) is 2. The standard InChI is InChI=1S/C13H17N3O2S/c1-15(2)19(17,18)16-8-7-13-11(9-16)10-5-3-4-6-12(10)14-13/h3-6,14H,7-9H2,1-2H3. The van der Waals surface area contributed by atoms with Crippen molar-refractivity contribution in [1.29, 1.82) is 0 Å². The molecule has 0 unspecified atom stereocenters. The van der Waals surface area contributed by atoms with Gasteiger partial charge < -0.3 is 4.98 Å². The number of aromatic nitrogens is 1. The van der Waals surface area contributed by atoms with Gasteiger partial charge in [0, 0.05) is 50.2 Å². The van der Waals surface area contributed by atoms with Gasteiger partial charge in [-0.15, -0.1) is 0 Å². The summed E-state index contributed by atoms with van der Waals surface area (Å²) >= 11 is 0. The maximum atomic E-state index is 12.2. The third kappa shape index (κ3) is 1.96. The molecule has 2 heterocycles. The Morgan fingerprint density at radius 1 is 1.26 bits per heavy atom. The zero-order chi connectivity index (χ0) is 13.6. The third-order valence-corrected chi connectivity index (χ3v) is 5.52. The lowest BCUT2D eigenvalue weighted by molar-refractivity contribution is 0.358. The van der Waals surface area contributed by atoms with Gasteiger partial charge in [0.1, 0.15) is 0 Å². The van der Waals surface area contributed by atoms with Crippen LogP contribution in [0.3, 0.4) is 0 Å². The summed E-state index contributed by atoms with van der Waals surface area (Å²) in [7, 11) is -0.197. The fourth-order valence-corrected chi connectivity index (χ4v) is 3.65. The number of hydrogen-bond acceptors (Lipinski definition) is 2. The van der Waals surface area contributed by atoms with E-state index in [1.54, 1.807) is 14.1 Å². The molecule has 0 bridgehead atoms. The Kier molecular flexibility index (Phi) is 2.88. The van der Waals surface area contributed by atoms with Crippen molar-refractivity contribution in [3.05, 3.63) is 35.5 Å². The van der Waals surface area contributed by atoms with Gasteiger partial charge in [0.25, 0.3) is 10.2 Å². The molecule has 0 saturated carbocycles. The molecule has 6 heteroatoms. The molecular formula is C13H17N3O2S. The predicted molar refractivity (Wildman–Crippen MR) is 75.0 cm³/mol. The molecule has 1 aliphatic rings. The van der Waals surface area contributed by atoms with Crippen molar-refractivity contribution in [2.45, 2.75) is 13.0 Å². The molecule has 1 N–H and O–H groups in total. The molecule has 0 spiro atoms. The first-order valence-corrected chi connectivity index (χ1v) is 7.66. The van der Waals surface area contributed by atoms with Gasteiger partial charge in [-0.2, -0.15) is 17.0 Å². The summed E-state index contributed by atoms with van der Waals surface area (Å²) in [6.45, 7) is 0.972. The van der Waals surface area contributed by atoms with Crippen molar-refractivity contribution in [2.75, 3.05) is 20.6 Å². The van der Waals surface area contributed by atoms with E-state index in [0.717, 1.165) is 28.6 Å². The topological polar surface area (TPSA) is 56.4 Å². The van der Waals surface area contributed by atoms with Gasteiger partial charge in [-0.3, -0.25) is 0 Å². The van der Waals surface area contributed by atoms with Crippen LogP contribution in [0.4, 0.5) is 0 Å². The molecule has 1 aromatic heterocycles. The minimum atomic E-state index is -3.34. The van der Waals surface area contributed by atoms with Crippen LogP contribution in [0.1, 0.15) is 11.3 Å². The summed E-state index contributed by atoms with van der Waals surface area (Å²) in [6.07, 6.45) is 0.733. The Balaban J connectivity index is 2.04. The molecule has 1 aromatic carbocycles. The van der Waals surface area contributed by atoms with E-state index in [-0.39, 0.29) is 0 Å². The minimum Gasteiger partial charge on any atom is -0.358 e. The van der Waals surface area contributed by atoms with Gasteiger partial charge in [0.2, 0.25) is 0 Å². The molecule has 0 aliphatic carbocycles. The highest BCUT2D eigenvalue weighted by Crippen LogP contribution is 2.28. The molecule has 0 saturated heterocycles.